The Bertz CT molecular complexity index is 665. The number of amides is 1. The van der Waals surface area contributed by atoms with Crippen molar-refractivity contribution in [1.82, 2.24) is 4.98 Å². The molecule has 0 saturated carbocycles. The number of hydrogen-bond acceptors (Lipinski definition) is 4. The van der Waals surface area contributed by atoms with Crippen LogP contribution in [0.15, 0.2) is 18.2 Å². The van der Waals surface area contributed by atoms with Crippen molar-refractivity contribution in [2.75, 3.05) is 52.2 Å². The van der Waals surface area contributed by atoms with Gasteiger partial charge in [0.25, 0.3) is 5.91 Å². The van der Waals surface area contributed by atoms with Crippen LogP contribution in [0.25, 0.3) is 10.2 Å². The zero-order chi connectivity index (χ0) is 15.5. The van der Waals surface area contributed by atoms with E-state index in [1.165, 1.54) is 16.2 Å². The van der Waals surface area contributed by atoms with Gasteiger partial charge in [0.2, 0.25) is 0 Å². The molecule has 2 aromatic rings. The summed E-state index contributed by atoms with van der Waals surface area (Å²) in [6.45, 7) is 4.88. The van der Waals surface area contributed by atoms with Gasteiger partial charge in [-0.15, -0.1) is 0 Å². The normalized spacial score (nSPS) is 21.7. The van der Waals surface area contributed by atoms with Crippen molar-refractivity contribution in [2.24, 2.45) is 0 Å². The minimum atomic E-state index is 0.0422. The number of rotatable bonds is 4. The molecule has 1 fully saturated rings. The maximum atomic E-state index is 12.2. The lowest BCUT2D eigenvalue weighted by Crippen LogP contribution is -3.27. The fraction of sp³-hybridized carbons (Fsp3) is 0.467. The molecule has 0 unspecified atom stereocenters. The number of likely N-dealkylation sites (N-methyl/N-ethyl adjacent to an activating group) is 1. The molecule has 1 aromatic heterocycles. The molecule has 1 aliphatic rings. The van der Waals surface area contributed by atoms with Gasteiger partial charge >= 0.3 is 0 Å². The first-order valence-corrected chi connectivity index (χ1v) is 8.35. The van der Waals surface area contributed by atoms with Crippen molar-refractivity contribution in [3.05, 3.63) is 18.2 Å². The van der Waals surface area contributed by atoms with Crippen molar-refractivity contribution >= 4 is 32.6 Å². The number of hydrogen-bond donors (Lipinski definition) is 3. The van der Waals surface area contributed by atoms with E-state index >= 15 is 0 Å². The van der Waals surface area contributed by atoms with Crippen LogP contribution in [-0.4, -0.2) is 57.8 Å². The van der Waals surface area contributed by atoms with Crippen LogP contribution in [0.2, 0.25) is 0 Å². The van der Waals surface area contributed by atoms with Crippen molar-refractivity contribution in [2.45, 2.75) is 0 Å². The minimum Gasteiger partial charge on any atom is -0.497 e. The van der Waals surface area contributed by atoms with Crippen LogP contribution in [0.1, 0.15) is 0 Å². The van der Waals surface area contributed by atoms with Crippen LogP contribution < -0.4 is 19.9 Å². The van der Waals surface area contributed by atoms with E-state index < -0.39 is 0 Å². The van der Waals surface area contributed by atoms with Gasteiger partial charge in [0, 0.05) is 0 Å². The smallest absolute Gasteiger partial charge is 0.281 e. The highest BCUT2D eigenvalue weighted by molar-refractivity contribution is 7.22. The molecule has 0 atom stereocenters. The third-order valence-corrected chi connectivity index (χ3v) is 5.00. The highest BCUT2D eigenvalue weighted by Gasteiger charge is 2.22. The van der Waals surface area contributed by atoms with Gasteiger partial charge < -0.3 is 14.5 Å². The topological polar surface area (TPSA) is 60.1 Å². The molecule has 0 aliphatic carbocycles. The van der Waals surface area contributed by atoms with Gasteiger partial charge in [-0.05, 0) is 18.2 Å². The number of fused-ring (bicyclic) bond motifs is 1. The van der Waals surface area contributed by atoms with Crippen molar-refractivity contribution < 1.29 is 19.3 Å². The van der Waals surface area contributed by atoms with Crippen LogP contribution in [-0.2, 0) is 4.79 Å². The summed E-state index contributed by atoms with van der Waals surface area (Å²) >= 11 is 1.48. The van der Waals surface area contributed by atoms with Gasteiger partial charge in [-0.1, -0.05) is 11.3 Å². The van der Waals surface area contributed by atoms with E-state index in [0.29, 0.717) is 11.7 Å². The Labute approximate surface area is 133 Å². The van der Waals surface area contributed by atoms with Gasteiger partial charge in [0.15, 0.2) is 11.7 Å². The first kappa shape index (κ1) is 15.2. The molecule has 0 bridgehead atoms. The number of nitrogens with zero attached hydrogens (tertiary/aromatic N) is 1. The van der Waals surface area contributed by atoms with E-state index in [4.69, 9.17) is 4.74 Å². The average molecular weight is 322 g/mol. The SMILES string of the molecule is COc1ccc2nc(NC(=O)C[NH+]3CC[NH+](C)CC3)sc2c1. The molecule has 2 heterocycles. The second kappa shape index (κ2) is 6.60. The predicted octanol–water partition coefficient (Wildman–Crippen LogP) is -1.34. The molecule has 3 N–H and O–H groups in total. The fourth-order valence-corrected chi connectivity index (χ4v) is 3.59. The lowest BCUT2D eigenvalue weighted by Gasteiger charge is -2.26. The highest BCUT2D eigenvalue weighted by atomic mass is 32.1. The van der Waals surface area contributed by atoms with Crippen molar-refractivity contribution in [3.63, 3.8) is 0 Å². The Morgan fingerprint density at radius 2 is 2.14 bits per heavy atom. The molecule has 22 heavy (non-hydrogen) atoms. The standard InChI is InChI=1S/C15H20N4O2S/c1-18-5-7-19(8-6-18)10-14(20)17-15-16-12-4-3-11(21-2)9-13(12)22-15/h3-4,9H,5-8,10H2,1-2H3,(H,16,17,20)/p+2. The van der Waals surface area contributed by atoms with Gasteiger partial charge in [-0.2, -0.15) is 0 Å². The zero-order valence-electron chi connectivity index (χ0n) is 12.9. The third kappa shape index (κ3) is 3.55. The Balaban J connectivity index is 1.61. The summed E-state index contributed by atoms with van der Waals surface area (Å²) in [7, 11) is 3.84. The van der Waals surface area contributed by atoms with E-state index in [9.17, 15) is 4.79 Å². The molecule has 1 saturated heterocycles. The first-order valence-electron chi connectivity index (χ1n) is 7.53. The highest BCUT2D eigenvalue weighted by Crippen LogP contribution is 2.28. The fourth-order valence-electron chi connectivity index (χ4n) is 2.68. The largest absolute Gasteiger partial charge is 0.497 e. The number of benzene rings is 1. The molecule has 6 nitrogen and oxygen atoms in total. The Hall–Kier alpha value is -1.70. The molecule has 1 aliphatic heterocycles. The van der Waals surface area contributed by atoms with Crippen molar-refractivity contribution in [3.8, 4) is 5.75 Å². The number of methoxy groups -OCH3 is 1. The molecule has 7 heteroatoms. The number of aromatic nitrogens is 1. The van der Waals surface area contributed by atoms with E-state index in [-0.39, 0.29) is 5.91 Å². The average Bonchev–Trinajstić information content (AvgIpc) is 2.90. The molecule has 1 aromatic carbocycles. The monoisotopic (exact) mass is 322 g/mol. The number of nitrogens with one attached hydrogen (secondary N) is 3. The van der Waals surface area contributed by atoms with Crippen LogP contribution in [0, 0.1) is 0 Å². The molecular weight excluding hydrogens is 300 g/mol. The number of carbonyl (C=O) groups is 1. The second-order valence-electron chi connectivity index (χ2n) is 5.78. The second-order valence-corrected chi connectivity index (χ2v) is 6.82. The number of anilines is 1. The summed E-state index contributed by atoms with van der Waals surface area (Å²) in [6, 6.07) is 5.73. The predicted molar refractivity (Wildman–Crippen MR) is 87.0 cm³/mol. The summed E-state index contributed by atoms with van der Waals surface area (Å²) in [6.07, 6.45) is 0. The summed E-state index contributed by atoms with van der Waals surface area (Å²) < 4.78 is 6.23. The minimum absolute atomic E-state index is 0.0422. The molecule has 3 rings (SSSR count). The van der Waals surface area contributed by atoms with Crippen LogP contribution in [0.5, 0.6) is 5.75 Å². The molecular formula is C15H22N4O2S+2. The maximum Gasteiger partial charge on any atom is 0.281 e. The number of carbonyl (C=O) groups excluding carboxylic acids is 1. The van der Waals surface area contributed by atoms with E-state index in [0.717, 1.165) is 42.1 Å². The number of ether oxygens (including phenoxy) is 1. The van der Waals surface area contributed by atoms with Gasteiger partial charge in [-0.3, -0.25) is 10.1 Å². The van der Waals surface area contributed by atoms with E-state index in [1.807, 2.05) is 18.2 Å². The van der Waals surface area contributed by atoms with E-state index in [2.05, 4.69) is 17.3 Å². The maximum absolute atomic E-state index is 12.2. The van der Waals surface area contributed by atoms with Crippen LogP contribution in [0.4, 0.5) is 5.13 Å². The van der Waals surface area contributed by atoms with Crippen molar-refractivity contribution in [1.29, 1.82) is 0 Å². The van der Waals surface area contributed by atoms with Gasteiger partial charge in [0.05, 0.1) is 24.4 Å². The quantitative estimate of drug-likeness (QED) is 0.653. The summed E-state index contributed by atoms with van der Waals surface area (Å²) in [5.74, 6) is 0.846. The number of piperazine rings is 1. The number of thiazole rings is 1. The Morgan fingerprint density at radius 1 is 1.36 bits per heavy atom. The molecule has 0 radical (unpaired) electrons. The van der Waals surface area contributed by atoms with E-state index in [1.54, 1.807) is 12.0 Å². The third-order valence-electron chi connectivity index (χ3n) is 4.06. The zero-order valence-corrected chi connectivity index (χ0v) is 13.8. The number of quaternary nitrogens is 2. The Morgan fingerprint density at radius 3 is 2.86 bits per heavy atom. The lowest BCUT2D eigenvalue weighted by molar-refractivity contribution is -0.999. The summed E-state index contributed by atoms with van der Waals surface area (Å²) in [5.41, 5.74) is 0.886. The summed E-state index contributed by atoms with van der Waals surface area (Å²) in [4.78, 5) is 19.5. The molecule has 118 valence electrons. The molecule has 1 amide bonds. The van der Waals surface area contributed by atoms with Crippen LogP contribution in [0.3, 0.4) is 0 Å². The van der Waals surface area contributed by atoms with Crippen LogP contribution >= 0.6 is 11.3 Å². The van der Waals surface area contributed by atoms with Gasteiger partial charge in [-0.25, -0.2) is 4.98 Å². The molecule has 0 spiro atoms. The Kier molecular flexibility index (Phi) is 4.56. The lowest BCUT2D eigenvalue weighted by atomic mass is 10.3. The summed E-state index contributed by atoms with van der Waals surface area (Å²) in [5, 5.41) is 3.59. The van der Waals surface area contributed by atoms with Gasteiger partial charge in [0.1, 0.15) is 31.9 Å². The first-order chi connectivity index (χ1) is 10.6.